The molecule has 0 unspecified atom stereocenters. The van der Waals surface area contributed by atoms with Gasteiger partial charge in [-0.2, -0.15) is 5.10 Å². The van der Waals surface area contributed by atoms with Crippen molar-refractivity contribution in [3.63, 3.8) is 0 Å². The van der Waals surface area contributed by atoms with Gasteiger partial charge in [0.05, 0.1) is 29.9 Å². The molecule has 0 saturated heterocycles. The maximum Gasteiger partial charge on any atom is 0.256 e. The van der Waals surface area contributed by atoms with E-state index in [1.165, 1.54) is 0 Å². The fourth-order valence-corrected chi connectivity index (χ4v) is 3.23. The smallest absolute Gasteiger partial charge is 0.256 e. The monoisotopic (exact) mass is 430 g/mol. The van der Waals surface area contributed by atoms with Crippen LogP contribution in [0, 0.1) is 0 Å². The summed E-state index contributed by atoms with van der Waals surface area (Å²) in [7, 11) is 1.58. The van der Waals surface area contributed by atoms with Crippen molar-refractivity contribution in [3.05, 3.63) is 46.2 Å². The Bertz CT molecular complexity index is 995. The zero-order valence-corrected chi connectivity index (χ0v) is 17.7. The zero-order chi connectivity index (χ0) is 19.7. The normalized spacial score (nSPS) is 11.4. The van der Waals surface area contributed by atoms with E-state index >= 15 is 0 Å². The molecule has 1 aromatic carbocycles. The number of rotatable bonds is 5. The molecule has 0 saturated carbocycles. The lowest BCUT2D eigenvalue weighted by atomic mass is 10.0. The number of anilines is 1. The van der Waals surface area contributed by atoms with Crippen molar-refractivity contribution in [2.75, 3.05) is 12.4 Å². The third-order valence-corrected chi connectivity index (χ3v) is 4.81. The second-order valence-electron chi connectivity index (χ2n) is 6.97. The molecule has 0 bridgehead atoms. The molecule has 3 aromatic rings. The minimum atomic E-state index is -0.219. The molecule has 0 atom stereocenters. The predicted molar refractivity (Wildman–Crippen MR) is 111 cm³/mol. The lowest BCUT2D eigenvalue weighted by molar-refractivity contribution is 0.102. The van der Waals surface area contributed by atoms with Gasteiger partial charge in [0, 0.05) is 16.2 Å². The molecular formula is C20H23BrN4O2. The molecule has 27 heavy (non-hydrogen) atoms. The van der Waals surface area contributed by atoms with Gasteiger partial charge < -0.3 is 10.1 Å². The summed E-state index contributed by atoms with van der Waals surface area (Å²) in [4.78, 5) is 17.9. The van der Waals surface area contributed by atoms with E-state index in [4.69, 9.17) is 9.72 Å². The van der Waals surface area contributed by atoms with Gasteiger partial charge in [0.25, 0.3) is 5.91 Å². The Morgan fingerprint density at radius 1 is 1.22 bits per heavy atom. The number of ether oxygens (including phenoxy) is 1. The van der Waals surface area contributed by atoms with Crippen LogP contribution in [-0.2, 0) is 0 Å². The van der Waals surface area contributed by atoms with Crippen LogP contribution in [0.5, 0.6) is 5.75 Å². The van der Waals surface area contributed by atoms with E-state index in [2.05, 4.69) is 40.2 Å². The van der Waals surface area contributed by atoms with Crippen LogP contribution < -0.4 is 10.1 Å². The summed E-state index contributed by atoms with van der Waals surface area (Å²) < 4.78 is 8.06. The highest BCUT2D eigenvalue weighted by molar-refractivity contribution is 9.10. The summed E-state index contributed by atoms with van der Waals surface area (Å²) in [5, 5.41) is 8.13. The maximum absolute atomic E-state index is 13.1. The number of benzene rings is 1. The first-order chi connectivity index (χ1) is 12.8. The SMILES string of the molecule is COc1ccc(Br)cc1NC(=O)c1cc(C(C)C)nc2c1cnn2C(C)C. The summed E-state index contributed by atoms with van der Waals surface area (Å²) in [6, 6.07) is 7.48. The van der Waals surface area contributed by atoms with Crippen LogP contribution in [-0.4, -0.2) is 27.8 Å². The molecule has 2 aromatic heterocycles. The van der Waals surface area contributed by atoms with Crippen LogP contribution in [0.15, 0.2) is 34.9 Å². The maximum atomic E-state index is 13.1. The van der Waals surface area contributed by atoms with Gasteiger partial charge in [0.15, 0.2) is 5.65 Å². The lowest BCUT2D eigenvalue weighted by Crippen LogP contribution is -2.15. The summed E-state index contributed by atoms with van der Waals surface area (Å²) in [6.45, 7) is 8.21. The van der Waals surface area contributed by atoms with Gasteiger partial charge >= 0.3 is 0 Å². The number of aromatic nitrogens is 3. The minimum absolute atomic E-state index is 0.151. The molecule has 0 radical (unpaired) electrons. The number of carbonyl (C=O) groups excluding carboxylic acids is 1. The summed E-state index contributed by atoms with van der Waals surface area (Å²) in [5.74, 6) is 0.569. The van der Waals surface area contributed by atoms with Crippen molar-refractivity contribution in [2.45, 2.75) is 39.7 Å². The quantitative estimate of drug-likeness (QED) is 0.606. The number of nitrogens with zero attached hydrogens (tertiary/aromatic N) is 3. The number of halogens is 1. The van der Waals surface area contributed by atoms with Crippen LogP contribution in [0.25, 0.3) is 11.0 Å². The second kappa shape index (κ2) is 7.68. The summed E-state index contributed by atoms with van der Waals surface area (Å²) >= 11 is 3.43. The second-order valence-corrected chi connectivity index (χ2v) is 7.88. The fourth-order valence-electron chi connectivity index (χ4n) is 2.87. The summed E-state index contributed by atoms with van der Waals surface area (Å²) in [5.41, 5.74) is 2.74. The fraction of sp³-hybridized carbons (Fsp3) is 0.350. The van der Waals surface area contributed by atoms with Crippen LogP contribution in [0.3, 0.4) is 0 Å². The number of methoxy groups -OCH3 is 1. The standard InChI is InChI=1S/C20H23BrN4O2/c1-11(2)16-9-14(15-10-22-25(12(3)4)19(15)23-16)20(26)24-17-8-13(21)6-7-18(17)27-5/h6-12H,1-5H3,(H,24,26). The van der Waals surface area contributed by atoms with Gasteiger partial charge in [-0.15, -0.1) is 0 Å². The van der Waals surface area contributed by atoms with E-state index < -0.39 is 0 Å². The molecule has 1 N–H and O–H groups in total. The van der Waals surface area contributed by atoms with Crippen LogP contribution >= 0.6 is 15.9 Å². The topological polar surface area (TPSA) is 69.0 Å². The Balaban J connectivity index is 2.10. The van der Waals surface area contributed by atoms with Crippen LogP contribution in [0.2, 0.25) is 0 Å². The van der Waals surface area contributed by atoms with Gasteiger partial charge in [0.1, 0.15) is 5.75 Å². The van der Waals surface area contributed by atoms with E-state index in [0.29, 0.717) is 17.0 Å². The highest BCUT2D eigenvalue weighted by atomic mass is 79.9. The van der Waals surface area contributed by atoms with E-state index in [9.17, 15) is 4.79 Å². The first-order valence-corrected chi connectivity index (χ1v) is 9.64. The highest BCUT2D eigenvalue weighted by Crippen LogP contribution is 2.30. The van der Waals surface area contributed by atoms with E-state index in [0.717, 1.165) is 21.2 Å². The molecule has 0 spiro atoms. The van der Waals surface area contributed by atoms with Crippen molar-refractivity contribution in [3.8, 4) is 5.75 Å². The number of hydrogen-bond donors (Lipinski definition) is 1. The van der Waals surface area contributed by atoms with E-state index in [-0.39, 0.29) is 17.9 Å². The number of fused-ring (bicyclic) bond motifs is 1. The van der Waals surface area contributed by atoms with E-state index in [1.807, 2.05) is 36.7 Å². The molecule has 142 valence electrons. The molecular weight excluding hydrogens is 408 g/mol. The molecule has 7 heteroatoms. The Hall–Kier alpha value is -2.41. The van der Waals surface area contributed by atoms with Crippen molar-refractivity contribution in [1.82, 2.24) is 14.8 Å². The molecule has 1 amide bonds. The molecule has 3 rings (SSSR count). The third-order valence-electron chi connectivity index (χ3n) is 4.32. The Morgan fingerprint density at radius 2 is 1.96 bits per heavy atom. The predicted octanol–water partition coefficient (Wildman–Crippen LogP) is 5.16. The van der Waals surface area contributed by atoms with Crippen LogP contribution in [0.4, 0.5) is 5.69 Å². The molecule has 0 aliphatic carbocycles. The van der Waals surface area contributed by atoms with Crippen molar-refractivity contribution in [2.24, 2.45) is 0 Å². The number of carbonyl (C=O) groups is 1. The zero-order valence-electron chi connectivity index (χ0n) is 16.1. The largest absolute Gasteiger partial charge is 0.495 e. The van der Waals surface area contributed by atoms with Crippen molar-refractivity contribution < 1.29 is 9.53 Å². The lowest BCUT2D eigenvalue weighted by Gasteiger charge is -2.14. The average Bonchev–Trinajstić information content (AvgIpc) is 3.05. The van der Waals surface area contributed by atoms with Gasteiger partial charge in [-0.1, -0.05) is 29.8 Å². The van der Waals surface area contributed by atoms with Crippen molar-refractivity contribution >= 4 is 38.6 Å². The minimum Gasteiger partial charge on any atom is -0.495 e. The molecule has 0 aliphatic heterocycles. The molecule has 2 heterocycles. The van der Waals surface area contributed by atoms with Gasteiger partial charge in [-0.25, -0.2) is 9.67 Å². The first-order valence-electron chi connectivity index (χ1n) is 8.84. The first kappa shape index (κ1) is 19.4. The molecule has 0 fully saturated rings. The Kier molecular flexibility index (Phi) is 5.51. The van der Waals surface area contributed by atoms with Gasteiger partial charge in [-0.05, 0) is 44.0 Å². The summed E-state index contributed by atoms with van der Waals surface area (Å²) in [6.07, 6.45) is 1.71. The number of amides is 1. The highest BCUT2D eigenvalue weighted by Gasteiger charge is 2.20. The number of hydrogen-bond acceptors (Lipinski definition) is 4. The molecule has 0 aliphatic rings. The van der Waals surface area contributed by atoms with Crippen LogP contribution in [0.1, 0.15) is 55.7 Å². The Morgan fingerprint density at radius 3 is 2.59 bits per heavy atom. The number of pyridine rings is 1. The number of nitrogens with one attached hydrogen (secondary N) is 1. The molecule has 6 nitrogen and oxygen atoms in total. The Labute approximate surface area is 167 Å². The van der Waals surface area contributed by atoms with Gasteiger partial charge in [0.2, 0.25) is 0 Å². The van der Waals surface area contributed by atoms with E-state index in [1.54, 1.807) is 19.4 Å². The third kappa shape index (κ3) is 3.83. The van der Waals surface area contributed by atoms with Gasteiger partial charge in [-0.3, -0.25) is 4.79 Å². The average molecular weight is 431 g/mol. The van der Waals surface area contributed by atoms with Crippen molar-refractivity contribution in [1.29, 1.82) is 0 Å².